The maximum atomic E-state index is 12.3. The van der Waals surface area contributed by atoms with Crippen molar-refractivity contribution in [3.63, 3.8) is 0 Å². The molecule has 0 saturated heterocycles. The van der Waals surface area contributed by atoms with Crippen LogP contribution in [0.4, 0.5) is 0 Å². The van der Waals surface area contributed by atoms with Crippen molar-refractivity contribution in [2.75, 3.05) is 0 Å². The zero-order chi connectivity index (χ0) is 20.2. The lowest BCUT2D eigenvalue weighted by atomic mass is 10.1. The maximum absolute atomic E-state index is 12.3. The number of aromatic nitrogens is 3. The first-order valence-electron chi connectivity index (χ1n) is 9.56. The van der Waals surface area contributed by atoms with Gasteiger partial charge in [-0.05, 0) is 50.5 Å². The minimum absolute atomic E-state index is 0.207. The number of aliphatic hydroxyl groups excluding tert-OH is 1. The van der Waals surface area contributed by atoms with Crippen molar-refractivity contribution in [1.29, 1.82) is 0 Å². The molecule has 1 saturated carbocycles. The molecule has 0 spiro atoms. The molecule has 150 valence electrons. The second kappa shape index (κ2) is 8.40. The Labute approximate surface area is 167 Å². The molecule has 3 aromatic rings. The average molecular weight is 394 g/mol. The molecule has 0 bridgehead atoms. The van der Waals surface area contributed by atoms with E-state index in [9.17, 15) is 9.90 Å². The third-order valence-corrected chi connectivity index (χ3v) is 5.04. The van der Waals surface area contributed by atoms with Crippen LogP contribution in [0, 0.1) is 6.92 Å². The monoisotopic (exact) mass is 394 g/mol. The first-order chi connectivity index (χ1) is 14.1. The summed E-state index contributed by atoms with van der Waals surface area (Å²) in [5.41, 5.74) is 2.44. The Morgan fingerprint density at radius 2 is 2.17 bits per heavy atom. The standard InChI is InChI=1S/C21H22N4O4/c1-13-15(20(25-29-13)17-5-2-3-10-22-17)12-28-14-8-9-18(23-11-14)21(27)24-16-6-4-7-19(16)26/h2-3,5,8-11,16,19,26H,4,6-7,12H2,1H3,(H,24,27)/t16-,19-/m0/s1. The van der Waals surface area contributed by atoms with Crippen molar-refractivity contribution in [1.82, 2.24) is 20.4 Å². The topological polar surface area (TPSA) is 110 Å². The van der Waals surface area contributed by atoms with Crippen LogP contribution in [0.25, 0.3) is 11.4 Å². The summed E-state index contributed by atoms with van der Waals surface area (Å²) in [5, 5.41) is 16.8. The summed E-state index contributed by atoms with van der Waals surface area (Å²) in [6.45, 7) is 2.06. The summed E-state index contributed by atoms with van der Waals surface area (Å²) in [4.78, 5) is 20.8. The van der Waals surface area contributed by atoms with E-state index in [2.05, 4.69) is 20.4 Å². The van der Waals surface area contributed by atoms with E-state index in [0.717, 1.165) is 18.4 Å². The first-order valence-corrected chi connectivity index (χ1v) is 9.56. The van der Waals surface area contributed by atoms with Crippen LogP contribution >= 0.6 is 0 Å². The van der Waals surface area contributed by atoms with Crippen LogP contribution in [0.2, 0.25) is 0 Å². The van der Waals surface area contributed by atoms with Gasteiger partial charge < -0.3 is 19.7 Å². The Kier molecular flexibility index (Phi) is 5.53. The number of aryl methyl sites for hydroxylation is 1. The zero-order valence-electron chi connectivity index (χ0n) is 16.0. The quantitative estimate of drug-likeness (QED) is 0.661. The Hall–Kier alpha value is -3.26. The summed E-state index contributed by atoms with van der Waals surface area (Å²) in [7, 11) is 0. The molecule has 2 atom stereocenters. The highest BCUT2D eigenvalue weighted by molar-refractivity contribution is 5.92. The summed E-state index contributed by atoms with van der Waals surface area (Å²) < 4.78 is 11.1. The number of ether oxygens (including phenoxy) is 1. The van der Waals surface area contributed by atoms with Crippen LogP contribution < -0.4 is 10.1 Å². The van der Waals surface area contributed by atoms with Gasteiger partial charge in [0.1, 0.15) is 29.5 Å². The Balaban J connectivity index is 1.40. The number of carbonyl (C=O) groups is 1. The van der Waals surface area contributed by atoms with E-state index in [1.54, 1.807) is 18.3 Å². The number of hydrogen-bond donors (Lipinski definition) is 2. The van der Waals surface area contributed by atoms with E-state index >= 15 is 0 Å². The predicted molar refractivity (Wildman–Crippen MR) is 104 cm³/mol. The van der Waals surface area contributed by atoms with E-state index in [0.29, 0.717) is 29.3 Å². The number of nitrogens with one attached hydrogen (secondary N) is 1. The molecule has 2 N–H and O–H groups in total. The van der Waals surface area contributed by atoms with Crippen molar-refractivity contribution < 1.29 is 19.2 Å². The van der Waals surface area contributed by atoms with Gasteiger partial charge in [0.15, 0.2) is 0 Å². The van der Waals surface area contributed by atoms with Crippen LogP contribution in [0.1, 0.15) is 41.1 Å². The minimum atomic E-state index is -0.485. The summed E-state index contributed by atoms with van der Waals surface area (Å²) >= 11 is 0. The van der Waals surface area contributed by atoms with E-state index in [-0.39, 0.29) is 24.2 Å². The van der Waals surface area contributed by atoms with Gasteiger partial charge in [0.2, 0.25) is 0 Å². The van der Waals surface area contributed by atoms with Gasteiger partial charge in [-0.2, -0.15) is 0 Å². The third kappa shape index (κ3) is 4.27. The molecule has 1 amide bonds. The minimum Gasteiger partial charge on any atom is -0.487 e. The molecule has 3 heterocycles. The van der Waals surface area contributed by atoms with Gasteiger partial charge in [-0.1, -0.05) is 11.2 Å². The molecule has 0 aromatic carbocycles. The SMILES string of the molecule is Cc1onc(-c2ccccn2)c1COc1ccc(C(=O)N[C@H]2CCC[C@@H]2O)nc1. The number of carbonyl (C=O) groups excluding carboxylic acids is 1. The van der Waals surface area contributed by atoms with Crippen molar-refractivity contribution in [2.45, 2.75) is 44.9 Å². The van der Waals surface area contributed by atoms with E-state index in [4.69, 9.17) is 9.26 Å². The largest absolute Gasteiger partial charge is 0.487 e. The van der Waals surface area contributed by atoms with Crippen LogP contribution in [-0.4, -0.2) is 38.3 Å². The first kappa shape index (κ1) is 19.1. The van der Waals surface area contributed by atoms with Crippen molar-refractivity contribution in [2.24, 2.45) is 0 Å². The van der Waals surface area contributed by atoms with Crippen LogP contribution in [0.3, 0.4) is 0 Å². The average Bonchev–Trinajstić information content (AvgIpc) is 3.32. The van der Waals surface area contributed by atoms with Gasteiger partial charge in [0.25, 0.3) is 5.91 Å². The number of pyridine rings is 2. The molecule has 8 nitrogen and oxygen atoms in total. The fourth-order valence-electron chi connectivity index (χ4n) is 3.37. The lowest BCUT2D eigenvalue weighted by Gasteiger charge is -2.16. The highest BCUT2D eigenvalue weighted by atomic mass is 16.5. The van der Waals surface area contributed by atoms with Gasteiger partial charge in [-0.15, -0.1) is 0 Å². The molecule has 1 fully saturated rings. The molecule has 0 radical (unpaired) electrons. The molecular formula is C21H22N4O4. The van der Waals surface area contributed by atoms with Gasteiger partial charge in [-0.25, -0.2) is 4.98 Å². The van der Waals surface area contributed by atoms with E-state index in [1.807, 2.05) is 25.1 Å². The molecule has 1 aliphatic carbocycles. The fraction of sp³-hybridized carbons (Fsp3) is 0.333. The predicted octanol–water partition coefficient (Wildman–Crippen LogP) is 2.66. The lowest BCUT2D eigenvalue weighted by Crippen LogP contribution is -2.40. The highest BCUT2D eigenvalue weighted by Gasteiger charge is 2.27. The second-order valence-corrected chi connectivity index (χ2v) is 7.03. The number of nitrogens with zero attached hydrogens (tertiary/aromatic N) is 3. The fourth-order valence-corrected chi connectivity index (χ4v) is 3.37. The molecule has 0 unspecified atom stereocenters. The van der Waals surface area contributed by atoms with Crippen molar-refractivity contribution in [3.05, 3.63) is 59.7 Å². The number of aliphatic hydroxyl groups is 1. The molecule has 1 aliphatic rings. The molecule has 0 aliphatic heterocycles. The second-order valence-electron chi connectivity index (χ2n) is 7.03. The normalized spacial score (nSPS) is 18.6. The van der Waals surface area contributed by atoms with Crippen molar-refractivity contribution in [3.8, 4) is 17.1 Å². The Bertz CT molecular complexity index is 972. The Morgan fingerprint density at radius 3 is 2.86 bits per heavy atom. The smallest absolute Gasteiger partial charge is 0.270 e. The van der Waals surface area contributed by atoms with Gasteiger partial charge in [0.05, 0.1) is 29.6 Å². The van der Waals surface area contributed by atoms with Gasteiger partial charge in [-0.3, -0.25) is 9.78 Å². The van der Waals surface area contributed by atoms with Crippen LogP contribution in [-0.2, 0) is 6.61 Å². The summed E-state index contributed by atoms with van der Waals surface area (Å²) in [6.07, 6.45) is 5.13. The Morgan fingerprint density at radius 1 is 1.28 bits per heavy atom. The van der Waals surface area contributed by atoms with Gasteiger partial charge in [0, 0.05) is 6.20 Å². The number of amides is 1. The zero-order valence-corrected chi connectivity index (χ0v) is 16.0. The highest BCUT2D eigenvalue weighted by Crippen LogP contribution is 2.25. The molecule has 29 heavy (non-hydrogen) atoms. The van der Waals surface area contributed by atoms with E-state index < -0.39 is 6.10 Å². The van der Waals surface area contributed by atoms with Crippen LogP contribution in [0.15, 0.2) is 47.2 Å². The van der Waals surface area contributed by atoms with Crippen LogP contribution in [0.5, 0.6) is 5.75 Å². The number of hydrogen-bond acceptors (Lipinski definition) is 7. The maximum Gasteiger partial charge on any atom is 0.270 e. The molecule has 8 heteroatoms. The number of rotatable bonds is 6. The summed E-state index contributed by atoms with van der Waals surface area (Å²) in [5.74, 6) is 0.884. The van der Waals surface area contributed by atoms with Crippen molar-refractivity contribution >= 4 is 5.91 Å². The molecule has 3 aromatic heterocycles. The molecular weight excluding hydrogens is 372 g/mol. The van der Waals surface area contributed by atoms with E-state index in [1.165, 1.54) is 6.20 Å². The van der Waals surface area contributed by atoms with Gasteiger partial charge >= 0.3 is 0 Å². The third-order valence-electron chi connectivity index (χ3n) is 5.04. The molecule has 4 rings (SSSR count). The lowest BCUT2D eigenvalue weighted by molar-refractivity contribution is 0.0868. The summed E-state index contributed by atoms with van der Waals surface area (Å²) in [6, 6.07) is 8.67.